The second-order valence-electron chi connectivity index (χ2n) is 7.44. The molecule has 4 rings (SSSR count). The van der Waals surface area contributed by atoms with Crippen molar-refractivity contribution in [3.8, 4) is 0 Å². The van der Waals surface area contributed by atoms with E-state index in [1.54, 1.807) is 31.7 Å². The molecule has 3 aromatic rings. The van der Waals surface area contributed by atoms with Gasteiger partial charge in [-0.3, -0.25) is 9.59 Å². The number of carbonyl (C=O) groups excluding carboxylic acids is 2. The maximum Gasteiger partial charge on any atom is 0.273 e. The topological polar surface area (TPSA) is 143 Å². The first-order chi connectivity index (χ1) is 14.2. The van der Waals surface area contributed by atoms with Gasteiger partial charge < -0.3 is 20.5 Å². The fourth-order valence-corrected chi connectivity index (χ4v) is 3.59. The minimum Gasteiger partial charge on any atom is -0.354 e. The van der Waals surface area contributed by atoms with E-state index in [9.17, 15) is 14.2 Å². The van der Waals surface area contributed by atoms with Crippen molar-refractivity contribution in [2.24, 2.45) is 5.92 Å². The molecule has 3 aromatic heterocycles. The van der Waals surface area contributed by atoms with Gasteiger partial charge in [-0.25, -0.2) is 4.52 Å². The number of nitrogens with one attached hydrogen (secondary N) is 3. The van der Waals surface area contributed by atoms with Crippen LogP contribution in [0.2, 0.25) is 0 Å². The largest absolute Gasteiger partial charge is 0.354 e. The van der Waals surface area contributed by atoms with Gasteiger partial charge in [-0.15, -0.1) is 15.3 Å². The molecule has 0 aliphatic heterocycles. The number of amides is 2. The normalized spacial score (nSPS) is 13.8. The van der Waals surface area contributed by atoms with Gasteiger partial charge in [-0.1, -0.05) is 0 Å². The van der Waals surface area contributed by atoms with E-state index in [4.69, 9.17) is 0 Å². The minimum absolute atomic E-state index is 0.00392. The molecule has 0 unspecified atom stereocenters. The summed E-state index contributed by atoms with van der Waals surface area (Å²) in [6, 6.07) is 4.99. The molecule has 156 valence electrons. The Balaban J connectivity index is 1.66. The van der Waals surface area contributed by atoms with Crippen molar-refractivity contribution < 1.29 is 14.2 Å². The summed E-state index contributed by atoms with van der Waals surface area (Å²) in [4.78, 5) is 28.6. The Morgan fingerprint density at radius 1 is 1.20 bits per heavy atom. The summed E-state index contributed by atoms with van der Waals surface area (Å²) in [5.74, 6) is -0.124. The zero-order valence-corrected chi connectivity index (χ0v) is 17.6. The Bertz CT molecular complexity index is 1200. The van der Waals surface area contributed by atoms with Gasteiger partial charge in [-0.2, -0.15) is 4.98 Å². The van der Waals surface area contributed by atoms with E-state index >= 15 is 0 Å². The number of carbonyl (C=O) groups is 2. The van der Waals surface area contributed by atoms with Crippen LogP contribution in [0.15, 0.2) is 24.4 Å². The second-order valence-corrected chi connectivity index (χ2v) is 10.7. The lowest BCUT2D eigenvalue weighted by Gasteiger charge is -2.09. The van der Waals surface area contributed by atoms with Gasteiger partial charge >= 0.3 is 0 Å². The van der Waals surface area contributed by atoms with Gasteiger partial charge in [0.05, 0.1) is 5.69 Å². The molecule has 1 aliphatic rings. The highest BCUT2D eigenvalue weighted by Crippen LogP contribution is 2.34. The van der Waals surface area contributed by atoms with Crippen LogP contribution < -0.4 is 21.3 Å². The second kappa shape index (κ2) is 7.49. The van der Waals surface area contributed by atoms with Gasteiger partial charge in [0.2, 0.25) is 11.9 Å². The number of rotatable bonds is 6. The molecule has 0 bridgehead atoms. The molecule has 1 saturated carbocycles. The maximum absolute atomic E-state index is 12.3. The standard InChI is InChI=1S/C18H21N8O3P/c1-19-17(28)15-12(8-13(23-24-15)21-16(27)10-4-5-10)20-18-22-14-7-6-11(30(2,3)29)9-26(14)25-18/h6-10H,4-5H2,1-3H3,(H,19,28)(H2,20,21,23,25,27). The number of aromatic nitrogens is 5. The first kappa shape index (κ1) is 20.0. The third-order valence-electron chi connectivity index (χ3n) is 4.62. The summed E-state index contributed by atoms with van der Waals surface area (Å²) in [6.45, 7) is 3.36. The lowest BCUT2D eigenvalue weighted by atomic mass is 10.3. The summed E-state index contributed by atoms with van der Waals surface area (Å²) < 4.78 is 13.8. The van der Waals surface area contributed by atoms with Crippen LogP contribution in [0, 0.1) is 5.92 Å². The van der Waals surface area contributed by atoms with Crippen molar-refractivity contribution >= 4 is 47.4 Å². The van der Waals surface area contributed by atoms with E-state index < -0.39 is 13.0 Å². The summed E-state index contributed by atoms with van der Waals surface area (Å²) in [5.41, 5.74) is 0.872. The molecule has 0 aromatic carbocycles. The fraction of sp³-hybridized carbons (Fsp3) is 0.333. The van der Waals surface area contributed by atoms with Crippen molar-refractivity contribution in [2.75, 3.05) is 31.0 Å². The molecule has 1 fully saturated rings. The van der Waals surface area contributed by atoms with Crippen LogP contribution in [0.25, 0.3) is 5.65 Å². The molecule has 1 aliphatic carbocycles. The quantitative estimate of drug-likeness (QED) is 0.497. The third-order valence-corrected chi connectivity index (χ3v) is 6.13. The van der Waals surface area contributed by atoms with Gasteiger partial charge in [-0.05, 0) is 38.3 Å². The van der Waals surface area contributed by atoms with Crippen molar-refractivity contribution in [1.29, 1.82) is 0 Å². The van der Waals surface area contributed by atoms with E-state index in [0.717, 1.165) is 12.8 Å². The van der Waals surface area contributed by atoms with Crippen LogP contribution in [0.5, 0.6) is 0 Å². The highest BCUT2D eigenvalue weighted by molar-refractivity contribution is 7.70. The van der Waals surface area contributed by atoms with E-state index in [0.29, 0.717) is 16.6 Å². The van der Waals surface area contributed by atoms with E-state index in [1.807, 2.05) is 0 Å². The zero-order chi connectivity index (χ0) is 21.5. The Morgan fingerprint density at radius 3 is 2.63 bits per heavy atom. The minimum atomic E-state index is -2.45. The van der Waals surface area contributed by atoms with E-state index in [-0.39, 0.29) is 29.3 Å². The van der Waals surface area contributed by atoms with Gasteiger partial charge in [0, 0.05) is 30.5 Å². The monoisotopic (exact) mass is 428 g/mol. The first-order valence-corrected chi connectivity index (χ1v) is 11.9. The van der Waals surface area contributed by atoms with Crippen LogP contribution in [-0.4, -0.2) is 57.0 Å². The van der Waals surface area contributed by atoms with Crippen molar-refractivity contribution in [3.63, 3.8) is 0 Å². The smallest absolute Gasteiger partial charge is 0.273 e. The van der Waals surface area contributed by atoms with Crippen molar-refractivity contribution in [3.05, 3.63) is 30.1 Å². The molecule has 30 heavy (non-hydrogen) atoms. The lowest BCUT2D eigenvalue weighted by Crippen LogP contribution is -2.22. The number of fused-ring (bicyclic) bond motifs is 1. The van der Waals surface area contributed by atoms with E-state index in [2.05, 4.69) is 36.2 Å². The van der Waals surface area contributed by atoms with Crippen LogP contribution >= 0.6 is 7.14 Å². The van der Waals surface area contributed by atoms with Gasteiger partial charge in [0.15, 0.2) is 17.2 Å². The van der Waals surface area contributed by atoms with Crippen LogP contribution in [0.1, 0.15) is 23.3 Å². The summed E-state index contributed by atoms with van der Waals surface area (Å²) in [6.07, 6.45) is 3.38. The molecule has 0 radical (unpaired) electrons. The Morgan fingerprint density at radius 2 is 1.97 bits per heavy atom. The van der Waals surface area contributed by atoms with Gasteiger partial charge in [0.25, 0.3) is 5.91 Å². The molecule has 0 saturated heterocycles. The average molecular weight is 428 g/mol. The molecule has 0 atom stereocenters. The summed E-state index contributed by atoms with van der Waals surface area (Å²) >= 11 is 0. The lowest BCUT2D eigenvalue weighted by molar-refractivity contribution is -0.117. The van der Waals surface area contributed by atoms with Gasteiger partial charge in [0.1, 0.15) is 7.14 Å². The predicted molar refractivity (Wildman–Crippen MR) is 112 cm³/mol. The molecular weight excluding hydrogens is 407 g/mol. The molecule has 0 spiro atoms. The zero-order valence-electron chi connectivity index (χ0n) is 16.7. The Labute approximate surface area is 172 Å². The number of nitrogens with zero attached hydrogens (tertiary/aromatic N) is 5. The molecule has 11 nitrogen and oxygen atoms in total. The summed E-state index contributed by atoms with van der Waals surface area (Å²) in [5, 5.41) is 21.1. The van der Waals surface area contributed by atoms with E-state index in [1.165, 1.54) is 17.6 Å². The Kier molecular flexibility index (Phi) is 4.98. The third kappa shape index (κ3) is 4.16. The Hall–Kier alpha value is -3.33. The van der Waals surface area contributed by atoms with Crippen molar-refractivity contribution in [1.82, 2.24) is 30.1 Å². The van der Waals surface area contributed by atoms with Crippen LogP contribution in [0.4, 0.5) is 17.5 Å². The number of pyridine rings is 1. The summed E-state index contributed by atoms with van der Waals surface area (Å²) in [7, 11) is -0.967. The fourth-order valence-electron chi connectivity index (χ4n) is 2.77. The molecular formula is C18H21N8O3P. The molecule has 3 N–H and O–H groups in total. The van der Waals surface area contributed by atoms with Crippen LogP contribution in [-0.2, 0) is 9.36 Å². The molecule has 2 amide bonds. The molecule has 12 heteroatoms. The SMILES string of the molecule is CNC(=O)c1nnc(NC(=O)C2CC2)cc1Nc1nc2ccc(P(C)(C)=O)cn2n1. The first-order valence-electron chi connectivity index (χ1n) is 9.34. The number of anilines is 3. The number of hydrogen-bond donors (Lipinski definition) is 3. The highest BCUT2D eigenvalue weighted by atomic mass is 31.2. The van der Waals surface area contributed by atoms with Crippen molar-refractivity contribution in [2.45, 2.75) is 12.8 Å². The van der Waals surface area contributed by atoms with Crippen LogP contribution in [0.3, 0.4) is 0 Å². The average Bonchev–Trinajstić information content (AvgIpc) is 3.47. The molecule has 3 heterocycles. The number of hydrogen-bond acceptors (Lipinski definition) is 8. The maximum atomic E-state index is 12.3. The predicted octanol–water partition coefficient (Wildman–Crippen LogP) is 1.22. The highest BCUT2D eigenvalue weighted by Gasteiger charge is 2.30.